The van der Waals surface area contributed by atoms with Crippen molar-refractivity contribution >= 4 is 38.7 Å². The Morgan fingerprint density at radius 2 is 1.61 bits per heavy atom. The summed E-state index contributed by atoms with van der Waals surface area (Å²) in [7, 11) is 0. The molecule has 0 spiro atoms. The molecule has 2 fully saturated rings. The first-order valence-corrected chi connectivity index (χ1v) is 18.3. The van der Waals surface area contributed by atoms with Gasteiger partial charge < -0.3 is 14.0 Å². The minimum Gasteiger partial charge on any atom is -0.486 e. The van der Waals surface area contributed by atoms with Gasteiger partial charge in [0.05, 0.1) is 28.0 Å². The van der Waals surface area contributed by atoms with Crippen LogP contribution in [0.2, 0.25) is 0 Å². The van der Waals surface area contributed by atoms with Gasteiger partial charge in [0.1, 0.15) is 0 Å². The smallest absolute Gasteiger partial charge is 0.216 e. The summed E-state index contributed by atoms with van der Waals surface area (Å²) in [5.74, 6) is 2.40. The number of aromatic nitrogens is 4. The van der Waals surface area contributed by atoms with E-state index in [4.69, 9.17) is 9.40 Å². The zero-order valence-electron chi connectivity index (χ0n) is 29.5. The Hall–Kier alpha value is -4.38. The molecule has 5 nitrogen and oxygen atoms in total. The van der Waals surface area contributed by atoms with Gasteiger partial charge in [-0.05, 0) is 93.8 Å². The van der Waals surface area contributed by atoms with Gasteiger partial charge in [0.2, 0.25) is 5.71 Å². The molecule has 0 bridgehead atoms. The van der Waals surface area contributed by atoms with Crippen LogP contribution in [0.3, 0.4) is 0 Å². The third kappa shape index (κ3) is 6.07. The van der Waals surface area contributed by atoms with Crippen molar-refractivity contribution in [2.24, 2.45) is 5.92 Å². The van der Waals surface area contributed by atoms with Crippen LogP contribution in [-0.2, 0) is 25.6 Å². The Kier molecular flexibility index (Phi) is 9.02. The van der Waals surface area contributed by atoms with Crippen LogP contribution in [0.15, 0.2) is 95.6 Å². The number of nitrogens with zero attached hydrogens (tertiary/aromatic N) is 4. The van der Waals surface area contributed by atoms with Gasteiger partial charge in [0.15, 0.2) is 0 Å². The zero-order chi connectivity index (χ0) is 33.8. The number of allylic oxidation sites excluding steroid dienone is 2. The summed E-state index contributed by atoms with van der Waals surface area (Å²) in [6, 6.07) is 33.9. The van der Waals surface area contributed by atoms with E-state index in [0.29, 0.717) is 17.5 Å². The van der Waals surface area contributed by atoms with E-state index in [1.54, 1.807) is 5.57 Å². The molecule has 0 saturated heterocycles. The molecule has 4 aromatic heterocycles. The summed E-state index contributed by atoms with van der Waals surface area (Å²) in [4.78, 5) is 14.1. The summed E-state index contributed by atoms with van der Waals surface area (Å²) >= 11 is 0. The number of imidazole rings is 1. The third-order valence-electron chi connectivity index (χ3n) is 11.1. The van der Waals surface area contributed by atoms with Gasteiger partial charge >= 0.3 is 0 Å². The molecule has 2 saturated carbocycles. The van der Waals surface area contributed by atoms with Crippen molar-refractivity contribution in [3.8, 4) is 22.6 Å². The first kappa shape index (κ1) is 33.7. The van der Waals surface area contributed by atoms with E-state index in [0.717, 1.165) is 50.2 Å². The predicted octanol–water partition coefficient (Wildman–Crippen LogP) is 11.6. The van der Waals surface area contributed by atoms with Crippen LogP contribution in [0.5, 0.6) is 0 Å². The van der Waals surface area contributed by atoms with E-state index in [-0.39, 0.29) is 25.6 Å². The van der Waals surface area contributed by atoms with Crippen molar-refractivity contribution < 1.29 is 24.5 Å². The molecule has 51 heavy (non-hydrogen) atoms. The SMILES string of the molecule is CC1(C)C=C(C2CCCC2)c2cccc3nc(-c4[c-]cccc4)n1c23.Cc1ccc2c(n1)oc1c(-c3cc(C4CCCC4)ccn3)[c-]ccc12.[Ir]. The summed E-state index contributed by atoms with van der Waals surface area (Å²) in [6.45, 7) is 6.60. The van der Waals surface area contributed by atoms with Gasteiger partial charge in [0.25, 0.3) is 0 Å². The Labute approximate surface area is 313 Å². The molecule has 7 aromatic rings. The molecule has 3 aromatic carbocycles. The van der Waals surface area contributed by atoms with Crippen LogP contribution in [0, 0.1) is 25.0 Å². The minimum absolute atomic E-state index is 0. The zero-order valence-corrected chi connectivity index (χ0v) is 31.9. The van der Waals surface area contributed by atoms with Crippen molar-refractivity contribution in [1.29, 1.82) is 0 Å². The molecule has 0 N–H and O–H groups in total. The van der Waals surface area contributed by atoms with Crippen molar-refractivity contribution in [3.05, 3.63) is 120 Å². The van der Waals surface area contributed by atoms with Gasteiger partial charge in [-0.25, -0.2) is 4.98 Å². The molecule has 5 heterocycles. The van der Waals surface area contributed by atoms with Crippen LogP contribution >= 0.6 is 0 Å². The standard InChI is InChI=1S/C23H23N2.C22H19N2O.Ir/c1-23(2)15-19(16-9-6-7-10-16)18-13-8-14-20-21(18)25(23)22(24-20)17-11-4-3-5-12-17;1-14-9-10-18-17-7-4-8-19(21(17)25-22(18)24-14)20-13-16(11-12-23-20)15-5-2-3-6-15;/h3-5,8,11,13-16H,6-7,9-10H2,1-2H3;4,7,9-13,15H,2-3,5-6H2,1H3;/q2*-1;. The molecule has 0 unspecified atom stereocenters. The maximum atomic E-state index is 6.10. The predicted molar refractivity (Wildman–Crippen MR) is 203 cm³/mol. The van der Waals surface area contributed by atoms with E-state index < -0.39 is 0 Å². The molecular formula is C45H42IrN4O-2. The molecule has 2 aliphatic carbocycles. The maximum absolute atomic E-state index is 6.10. The number of pyridine rings is 2. The fourth-order valence-corrected chi connectivity index (χ4v) is 8.73. The van der Waals surface area contributed by atoms with Crippen molar-refractivity contribution in [2.45, 2.75) is 83.6 Å². The monoisotopic (exact) mass is 847 g/mol. The second-order valence-corrected chi connectivity index (χ2v) is 14.9. The van der Waals surface area contributed by atoms with Gasteiger partial charge in [-0.2, -0.15) is 0 Å². The van der Waals surface area contributed by atoms with E-state index in [2.05, 4.69) is 95.1 Å². The quantitative estimate of drug-likeness (QED) is 0.166. The van der Waals surface area contributed by atoms with Gasteiger partial charge in [-0.3, -0.25) is 4.98 Å². The molecule has 259 valence electrons. The minimum atomic E-state index is -0.0833. The average molecular weight is 847 g/mol. The molecule has 1 aliphatic heterocycles. The van der Waals surface area contributed by atoms with E-state index in [1.807, 2.05) is 43.5 Å². The van der Waals surface area contributed by atoms with Crippen molar-refractivity contribution in [3.63, 3.8) is 0 Å². The van der Waals surface area contributed by atoms with E-state index in [9.17, 15) is 0 Å². The van der Waals surface area contributed by atoms with Gasteiger partial charge in [-0.1, -0.05) is 66.5 Å². The number of hydrogen-bond donors (Lipinski definition) is 0. The number of fused-ring (bicyclic) bond motifs is 3. The normalized spacial score (nSPS) is 17.0. The molecule has 3 aliphatic rings. The Morgan fingerprint density at radius 3 is 2.39 bits per heavy atom. The van der Waals surface area contributed by atoms with Gasteiger partial charge in [0, 0.05) is 42.9 Å². The molecule has 0 atom stereocenters. The van der Waals surface area contributed by atoms with Crippen molar-refractivity contribution in [2.75, 3.05) is 0 Å². The number of aryl methyl sites for hydroxylation is 1. The summed E-state index contributed by atoms with van der Waals surface area (Å²) in [5, 5.41) is 2.12. The van der Waals surface area contributed by atoms with Crippen LogP contribution in [0.25, 0.3) is 61.3 Å². The van der Waals surface area contributed by atoms with Crippen LogP contribution in [-0.4, -0.2) is 19.5 Å². The topological polar surface area (TPSA) is 56.7 Å². The second kappa shape index (κ2) is 13.6. The number of rotatable bonds is 4. The fourth-order valence-electron chi connectivity index (χ4n) is 8.73. The molecule has 6 heteroatoms. The molecule has 0 amide bonds. The second-order valence-electron chi connectivity index (χ2n) is 14.9. The summed E-state index contributed by atoms with van der Waals surface area (Å²) in [6.07, 6.45) is 15.0. The largest absolute Gasteiger partial charge is 0.486 e. The van der Waals surface area contributed by atoms with Gasteiger partial charge in [-0.15, -0.1) is 54.1 Å². The first-order chi connectivity index (χ1) is 24.4. The van der Waals surface area contributed by atoms with Crippen LogP contribution in [0.1, 0.15) is 88.0 Å². The Morgan fingerprint density at radius 1 is 0.804 bits per heavy atom. The first-order valence-electron chi connectivity index (χ1n) is 18.3. The molecule has 10 rings (SSSR count). The molecular weight excluding hydrogens is 805 g/mol. The van der Waals surface area contributed by atoms with E-state index in [1.165, 1.54) is 68.0 Å². The third-order valence-corrected chi connectivity index (χ3v) is 11.1. The summed E-state index contributed by atoms with van der Waals surface area (Å²) in [5.41, 5.74) is 12.0. The average Bonchev–Trinajstić information content (AvgIpc) is 3.97. The fraction of sp³-hybridized carbons (Fsp3) is 0.311. The Balaban J connectivity index is 0.000000144. The maximum Gasteiger partial charge on any atom is 0.216 e. The summed E-state index contributed by atoms with van der Waals surface area (Å²) < 4.78 is 8.52. The molecule has 1 radical (unpaired) electrons. The number of furan rings is 1. The van der Waals surface area contributed by atoms with Crippen LogP contribution < -0.4 is 0 Å². The number of para-hydroxylation sites is 1. The number of benzene rings is 3. The van der Waals surface area contributed by atoms with E-state index >= 15 is 0 Å². The Bertz CT molecular complexity index is 2390. The number of hydrogen-bond acceptors (Lipinski definition) is 4. The van der Waals surface area contributed by atoms with Crippen LogP contribution in [0.4, 0.5) is 0 Å². The van der Waals surface area contributed by atoms with Crippen molar-refractivity contribution in [1.82, 2.24) is 19.5 Å².